The van der Waals surface area contributed by atoms with Gasteiger partial charge in [0.1, 0.15) is 5.66 Å². The number of carbonyl (C=O) groups is 2. The summed E-state index contributed by atoms with van der Waals surface area (Å²) in [5.74, 6) is 0.0473. The van der Waals surface area contributed by atoms with Gasteiger partial charge in [-0.05, 0) is 29.3 Å². The summed E-state index contributed by atoms with van der Waals surface area (Å²) in [6, 6.07) is 12.8. The number of rotatable bonds is 2. The molecule has 23 heavy (non-hydrogen) atoms. The average molecular weight is 331 g/mol. The number of amides is 2. The summed E-state index contributed by atoms with van der Waals surface area (Å²) in [5, 5.41) is 0.181. The van der Waals surface area contributed by atoms with Gasteiger partial charge < -0.3 is 14.2 Å². The molecule has 2 amide bonds. The normalized spacial score (nSPS) is 23.4. The molecule has 1 unspecified atom stereocenters. The molecule has 3 heterocycles. The number of benzene rings is 1. The Kier molecular flexibility index (Phi) is 3.20. The molecule has 2 aromatic rings. The Labute approximate surface area is 138 Å². The first-order valence-corrected chi connectivity index (χ1v) is 7.94. The summed E-state index contributed by atoms with van der Waals surface area (Å²) < 4.78 is 5.28. The van der Waals surface area contributed by atoms with Crippen molar-refractivity contribution in [2.75, 3.05) is 13.1 Å². The molecule has 2 saturated heterocycles. The van der Waals surface area contributed by atoms with Crippen molar-refractivity contribution in [3.8, 4) is 0 Å². The first kappa shape index (κ1) is 14.3. The SMILES string of the molecule is O=C1CCC2(c3ccccc3)N1CCN2C(=O)c1ccc(Cl)o1. The molecule has 118 valence electrons. The molecule has 2 aliphatic heterocycles. The molecule has 2 aliphatic rings. The number of hydrogen-bond donors (Lipinski definition) is 0. The van der Waals surface area contributed by atoms with Gasteiger partial charge >= 0.3 is 0 Å². The fourth-order valence-corrected chi connectivity index (χ4v) is 3.87. The summed E-state index contributed by atoms with van der Waals surface area (Å²) >= 11 is 5.80. The zero-order valence-corrected chi connectivity index (χ0v) is 13.1. The highest BCUT2D eigenvalue weighted by molar-refractivity contribution is 6.29. The van der Waals surface area contributed by atoms with Gasteiger partial charge in [-0.3, -0.25) is 9.59 Å². The minimum Gasteiger partial charge on any atom is -0.440 e. The number of fused-ring (bicyclic) bond motifs is 1. The first-order chi connectivity index (χ1) is 11.1. The quantitative estimate of drug-likeness (QED) is 0.850. The molecule has 5 nitrogen and oxygen atoms in total. The van der Waals surface area contributed by atoms with Crippen LogP contribution in [-0.2, 0) is 10.5 Å². The van der Waals surface area contributed by atoms with Gasteiger partial charge in [0.2, 0.25) is 5.91 Å². The van der Waals surface area contributed by atoms with Crippen LogP contribution in [0.5, 0.6) is 0 Å². The van der Waals surface area contributed by atoms with E-state index in [0.717, 1.165) is 5.56 Å². The van der Waals surface area contributed by atoms with Gasteiger partial charge in [-0.2, -0.15) is 0 Å². The van der Waals surface area contributed by atoms with E-state index < -0.39 is 5.66 Å². The Balaban J connectivity index is 1.80. The second-order valence-corrected chi connectivity index (χ2v) is 6.16. The zero-order valence-electron chi connectivity index (χ0n) is 12.4. The Bertz CT molecular complexity index is 773. The predicted octanol–water partition coefficient (Wildman–Crippen LogP) is 2.86. The Hall–Kier alpha value is -2.27. The van der Waals surface area contributed by atoms with E-state index in [9.17, 15) is 9.59 Å². The molecule has 4 rings (SSSR count). The lowest BCUT2D eigenvalue weighted by molar-refractivity contribution is -0.131. The van der Waals surface area contributed by atoms with Gasteiger partial charge in [-0.1, -0.05) is 30.3 Å². The fourth-order valence-electron chi connectivity index (χ4n) is 3.73. The highest BCUT2D eigenvalue weighted by Crippen LogP contribution is 2.46. The monoisotopic (exact) mass is 330 g/mol. The number of halogens is 1. The van der Waals surface area contributed by atoms with E-state index in [4.69, 9.17) is 16.0 Å². The van der Waals surface area contributed by atoms with Gasteiger partial charge in [-0.25, -0.2) is 0 Å². The van der Waals surface area contributed by atoms with E-state index in [-0.39, 0.29) is 22.8 Å². The van der Waals surface area contributed by atoms with Crippen molar-refractivity contribution in [1.29, 1.82) is 0 Å². The van der Waals surface area contributed by atoms with Crippen molar-refractivity contribution < 1.29 is 14.0 Å². The second-order valence-electron chi connectivity index (χ2n) is 5.79. The van der Waals surface area contributed by atoms with E-state index in [2.05, 4.69) is 0 Å². The Morgan fingerprint density at radius 2 is 1.91 bits per heavy atom. The van der Waals surface area contributed by atoms with E-state index in [0.29, 0.717) is 25.9 Å². The molecule has 2 fully saturated rings. The number of hydrogen-bond acceptors (Lipinski definition) is 3. The van der Waals surface area contributed by atoms with E-state index in [1.165, 1.54) is 0 Å². The maximum Gasteiger partial charge on any atom is 0.291 e. The lowest BCUT2D eigenvalue weighted by Gasteiger charge is -2.39. The van der Waals surface area contributed by atoms with Crippen LogP contribution >= 0.6 is 11.6 Å². The lowest BCUT2D eigenvalue weighted by Crippen LogP contribution is -2.50. The first-order valence-electron chi connectivity index (χ1n) is 7.56. The summed E-state index contributed by atoms with van der Waals surface area (Å²) in [6.07, 6.45) is 1.04. The molecule has 0 spiro atoms. The third-order valence-corrected chi connectivity index (χ3v) is 4.90. The van der Waals surface area contributed by atoms with Crippen LogP contribution in [0.2, 0.25) is 5.22 Å². The molecule has 0 N–H and O–H groups in total. The summed E-state index contributed by atoms with van der Waals surface area (Å²) in [4.78, 5) is 28.8. The summed E-state index contributed by atoms with van der Waals surface area (Å²) in [5.41, 5.74) is 0.240. The highest BCUT2D eigenvalue weighted by atomic mass is 35.5. The van der Waals surface area contributed by atoms with Crippen molar-refractivity contribution in [3.63, 3.8) is 0 Å². The van der Waals surface area contributed by atoms with Crippen LogP contribution in [0, 0.1) is 0 Å². The van der Waals surface area contributed by atoms with Crippen LogP contribution in [0.15, 0.2) is 46.9 Å². The van der Waals surface area contributed by atoms with Gasteiger partial charge in [0.15, 0.2) is 11.0 Å². The van der Waals surface area contributed by atoms with Crippen LogP contribution in [0.25, 0.3) is 0 Å². The number of carbonyl (C=O) groups excluding carboxylic acids is 2. The third kappa shape index (κ3) is 2.00. The molecule has 1 atom stereocenters. The number of nitrogens with zero attached hydrogens (tertiary/aromatic N) is 2. The molecular weight excluding hydrogens is 316 g/mol. The van der Waals surface area contributed by atoms with Gasteiger partial charge in [0.05, 0.1) is 0 Å². The smallest absolute Gasteiger partial charge is 0.291 e. The Morgan fingerprint density at radius 1 is 1.13 bits per heavy atom. The van der Waals surface area contributed by atoms with Gasteiger partial charge in [0, 0.05) is 25.9 Å². The summed E-state index contributed by atoms with van der Waals surface area (Å²) in [6.45, 7) is 1.02. The highest BCUT2D eigenvalue weighted by Gasteiger charge is 2.56. The van der Waals surface area contributed by atoms with E-state index in [1.807, 2.05) is 35.2 Å². The molecule has 0 bridgehead atoms. The van der Waals surface area contributed by atoms with Crippen LogP contribution in [0.4, 0.5) is 0 Å². The molecule has 1 aromatic carbocycles. The second kappa shape index (κ2) is 5.13. The van der Waals surface area contributed by atoms with Gasteiger partial charge in [-0.15, -0.1) is 0 Å². The van der Waals surface area contributed by atoms with Crippen molar-refractivity contribution in [2.24, 2.45) is 0 Å². The molecule has 0 radical (unpaired) electrons. The maximum atomic E-state index is 12.9. The molecule has 6 heteroatoms. The maximum absolute atomic E-state index is 12.9. The average Bonchev–Trinajstić information content (AvgIpc) is 3.24. The van der Waals surface area contributed by atoms with E-state index in [1.54, 1.807) is 17.0 Å². The lowest BCUT2D eigenvalue weighted by atomic mass is 9.95. The van der Waals surface area contributed by atoms with Gasteiger partial charge in [0.25, 0.3) is 5.91 Å². The number of furan rings is 1. The zero-order chi connectivity index (χ0) is 16.0. The fraction of sp³-hybridized carbons (Fsp3) is 0.294. The van der Waals surface area contributed by atoms with Crippen LogP contribution in [0.3, 0.4) is 0 Å². The van der Waals surface area contributed by atoms with Crippen molar-refractivity contribution in [3.05, 3.63) is 59.0 Å². The van der Waals surface area contributed by atoms with Crippen molar-refractivity contribution >= 4 is 23.4 Å². The van der Waals surface area contributed by atoms with Crippen LogP contribution < -0.4 is 0 Å². The van der Waals surface area contributed by atoms with Crippen LogP contribution in [0.1, 0.15) is 29.0 Å². The topological polar surface area (TPSA) is 53.8 Å². The minimum atomic E-state index is -0.714. The molecule has 1 aromatic heterocycles. The van der Waals surface area contributed by atoms with E-state index >= 15 is 0 Å². The minimum absolute atomic E-state index is 0.0848. The third-order valence-electron chi connectivity index (χ3n) is 4.69. The van der Waals surface area contributed by atoms with Crippen LogP contribution in [-0.4, -0.2) is 34.7 Å². The van der Waals surface area contributed by atoms with Crippen molar-refractivity contribution in [2.45, 2.75) is 18.5 Å². The summed E-state index contributed by atoms with van der Waals surface area (Å²) in [7, 11) is 0. The largest absolute Gasteiger partial charge is 0.440 e. The molecular formula is C17H15ClN2O3. The van der Waals surface area contributed by atoms with Crippen molar-refractivity contribution in [1.82, 2.24) is 9.80 Å². The molecule has 0 saturated carbocycles. The predicted molar refractivity (Wildman–Crippen MR) is 83.8 cm³/mol. The standard InChI is InChI=1S/C17H15ClN2O3/c18-14-7-6-13(23-14)16(22)20-11-10-19-15(21)8-9-17(19,20)12-4-2-1-3-5-12/h1-7H,8-11H2. The molecule has 0 aliphatic carbocycles. The Morgan fingerprint density at radius 3 is 2.61 bits per heavy atom.